The highest BCUT2D eigenvalue weighted by atomic mass is 16.4. The molecule has 0 fully saturated rings. The molecule has 0 saturated carbocycles. The van der Waals surface area contributed by atoms with Crippen LogP contribution in [0.2, 0.25) is 0 Å². The van der Waals surface area contributed by atoms with E-state index in [4.69, 9.17) is 5.11 Å². The molecule has 2 amide bonds. The Morgan fingerprint density at radius 2 is 1.79 bits per heavy atom. The van der Waals surface area contributed by atoms with E-state index >= 15 is 0 Å². The Labute approximate surface area is 108 Å². The predicted octanol–water partition coefficient (Wildman–Crippen LogP) is 1.82. The molecule has 3 N–H and O–H groups in total. The third kappa shape index (κ3) is 3.50. The van der Waals surface area contributed by atoms with Gasteiger partial charge in [0, 0.05) is 6.20 Å². The Morgan fingerprint density at radius 1 is 1.05 bits per heavy atom. The summed E-state index contributed by atoms with van der Waals surface area (Å²) >= 11 is 0. The van der Waals surface area contributed by atoms with Gasteiger partial charge in [-0.1, -0.05) is 0 Å². The summed E-state index contributed by atoms with van der Waals surface area (Å²) in [5.74, 6) is -1.12. The van der Waals surface area contributed by atoms with Crippen LogP contribution in [0.4, 0.5) is 16.2 Å². The molecule has 0 aliphatic heterocycles. The van der Waals surface area contributed by atoms with Crippen molar-refractivity contribution in [1.82, 2.24) is 9.97 Å². The highest BCUT2D eigenvalue weighted by Gasteiger charge is 2.06. The fraction of sp³-hybridized carbons (Fsp3) is 0. The molecule has 2 rings (SSSR count). The third-order valence-corrected chi connectivity index (χ3v) is 2.16. The van der Waals surface area contributed by atoms with Crippen LogP contribution in [-0.2, 0) is 0 Å². The van der Waals surface area contributed by atoms with E-state index in [1.165, 1.54) is 24.5 Å². The summed E-state index contributed by atoms with van der Waals surface area (Å²) in [6, 6.07) is 5.69. The van der Waals surface area contributed by atoms with Crippen LogP contribution >= 0.6 is 0 Å². The molecular formula is C12H10N4O3. The lowest BCUT2D eigenvalue weighted by atomic mass is 10.3. The minimum Gasteiger partial charge on any atom is -0.477 e. The van der Waals surface area contributed by atoms with Crippen molar-refractivity contribution < 1.29 is 14.7 Å². The van der Waals surface area contributed by atoms with Crippen molar-refractivity contribution in [2.75, 3.05) is 10.6 Å². The van der Waals surface area contributed by atoms with Crippen molar-refractivity contribution in [2.45, 2.75) is 0 Å². The van der Waals surface area contributed by atoms with Crippen molar-refractivity contribution in [2.24, 2.45) is 0 Å². The van der Waals surface area contributed by atoms with Gasteiger partial charge in [-0.15, -0.1) is 0 Å². The molecule has 2 aromatic rings. The van der Waals surface area contributed by atoms with Gasteiger partial charge in [0.15, 0.2) is 0 Å². The van der Waals surface area contributed by atoms with Crippen molar-refractivity contribution in [3.63, 3.8) is 0 Å². The largest absolute Gasteiger partial charge is 0.477 e. The van der Waals surface area contributed by atoms with Crippen LogP contribution in [0.5, 0.6) is 0 Å². The van der Waals surface area contributed by atoms with Gasteiger partial charge in [0.25, 0.3) is 0 Å². The van der Waals surface area contributed by atoms with E-state index in [0.29, 0.717) is 11.4 Å². The van der Waals surface area contributed by atoms with E-state index < -0.39 is 12.0 Å². The number of carboxylic acids is 1. The van der Waals surface area contributed by atoms with Crippen LogP contribution in [0.1, 0.15) is 10.5 Å². The van der Waals surface area contributed by atoms with Crippen molar-refractivity contribution >= 4 is 23.4 Å². The van der Waals surface area contributed by atoms with Crippen LogP contribution in [-0.4, -0.2) is 27.1 Å². The Bertz CT molecular complexity index is 584. The first-order chi connectivity index (χ1) is 9.15. The Balaban J connectivity index is 1.97. The van der Waals surface area contributed by atoms with E-state index in [9.17, 15) is 9.59 Å². The number of carbonyl (C=O) groups excluding carboxylic acids is 1. The molecule has 0 aromatic carbocycles. The quantitative estimate of drug-likeness (QED) is 0.778. The highest BCUT2D eigenvalue weighted by molar-refractivity contribution is 5.99. The molecule has 0 unspecified atom stereocenters. The number of pyridine rings is 2. The first-order valence-corrected chi connectivity index (χ1v) is 5.32. The highest BCUT2D eigenvalue weighted by Crippen LogP contribution is 2.08. The fourth-order valence-electron chi connectivity index (χ4n) is 1.32. The van der Waals surface area contributed by atoms with Gasteiger partial charge in [-0.2, -0.15) is 0 Å². The van der Waals surface area contributed by atoms with Crippen molar-refractivity contribution in [1.29, 1.82) is 0 Å². The number of hydrogen-bond acceptors (Lipinski definition) is 4. The molecule has 7 heteroatoms. The lowest BCUT2D eigenvalue weighted by Gasteiger charge is -2.06. The molecule has 0 aliphatic carbocycles. The standard InChI is InChI=1S/C12H10N4O3/c17-11(18)10-4-3-9(7-14-10)16-12(19)15-8-2-1-5-13-6-8/h1-7H,(H,17,18)(H2,15,16,19). The number of carboxylic acid groups (broad SMARTS) is 1. The zero-order chi connectivity index (χ0) is 13.7. The molecule has 0 bridgehead atoms. The first kappa shape index (κ1) is 12.5. The topological polar surface area (TPSA) is 104 Å². The molecule has 0 aliphatic rings. The molecule has 7 nitrogen and oxygen atoms in total. The Morgan fingerprint density at radius 3 is 2.32 bits per heavy atom. The van der Waals surface area contributed by atoms with Gasteiger partial charge in [0.05, 0.1) is 23.8 Å². The molecule has 0 radical (unpaired) electrons. The van der Waals surface area contributed by atoms with Crippen LogP contribution in [0.15, 0.2) is 42.9 Å². The Kier molecular flexibility index (Phi) is 3.67. The molecule has 19 heavy (non-hydrogen) atoms. The molecule has 2 aromatic heterocycles. The Hall–Kier alpha value is -2.96. The van der Waals surface area contributed by atoms with Crippen molar-refractivity contribution in [3.05, 3.63) is 48.5 Å². The number of aromatic carboxylic acids is 1. The average Bonchev–Trinajstić information content (AvgIpc) is 2.40. The first-order valence-electron chi connectivity index (χ1n) is 5.32. The summed E-state index contributed by atoms with van der Waals surface area (Å²) in [5, 5.41) is 13.8. The van der Waals surface area contributed by atoms with Crippen LogP contribution < -0.4 is 10.6 Å². The maximum Gasteiger partial charge on any atom is 0.354 e. The minimum atomic E-state index is -1.12. The van der Waals surface area contributed by atoms with Gasteiger partial charge in [-0.3, -0.25) is 4.98 Å². The van der Waals surface area contributed by atoms with Crippen LogP contribution in [0.3, 0.4) is 0 Å². The average molecular weight is 258 g/mol. The van der Waals surface area contributed by atoms with Gasteiger partial charge in [-0.25, -0.2) is 14.6 Å². The maximum absolute atomic E-state index is 11.6. The normalized spacial score (nSPS) is 9.68. The second kappa shape index (κ2) is 5.58. The van der Waals surface area contributed by atoms with E-state index in [-0.39, 0.29) is 5.69 Å². The van der Waals surface area contributed by atoms with E-state index in [2.05, 4.69) is 20.6 Å². The number of urea groups is 1. The van der Waals surface area contributed by atoms with Crippen molar-refractivity contribution in [3.8, 4) is 0 Å². The molecule has 0 saturated heterocycles. The number of nitrogens with one attached hydrogen (secondary N) is 2. The summed E-state index contributed by atoms with van der Waals surface area (Å²) < 4.78 is 0. The summed E-state index contributed by atoms with van der Waals surface area (Å²) in [6.45, 7) is 0. The third-order valence-electron chi connectivity index (χ3n) is 2.16. The molecular weight excluding hydrogens is 248 g/mol. The predicted molar refractivity (Wildman–Crippen MR) is 68.1 cm³/mol. The smallest absolute Gasteiger partial charge is 0.354 e. The van der Waals surface area contributed by atoms with Gasteiger partial charge in [-0.05, 0) is 24.3 Å². The monoisotopic (exact) mass is 258 g/mol. The molecule has 96 valence electrons. The summed E-state index contributed by atoms with van der Waals surface area (Å²) in [5.41, 5.74) is 0.861. The zero-order valence-electron chi connectivity index (χ0n) is 9.70. The molecule has 2 heterocycles. The molecule has 0 spiro atoms. The number of carbonyl (C=O) groups is 2. The second-order valence-corrected chi connectivity index (χ2v) is 3.56. The van der Waals surface area contributed by atoms with E-state index in [0.717, 1.165) is 0 Å². The summed E-state index contributed by atoms with van der Waals surface area (Å²) in [4.78, 5) is 29.8. The van der Waals surface area contributed by atoms with Gasteiger partial charge in [0.2, 0.25) is 0 Å². The lowest BCUT2D eigenvalue weighted by molar-refractivity contribution is 0.0690. The summed E-state index contributed by atoms with van der Waals surface area (Å²) in [7, 11) is 0. The number of hydrogen-bond donors (Lipinski definition) is 3. The number of aromatic nitrogens is 2. The lowest BCUT2D eigenvalue weighted by Crippen LogP contribution is -2.19. The van der Waals surface area contributed by atoms with E-state index in [1.54, 1.807) is 18.3 Å². The van der Waals surface area contributed by atoms with Gasteiger partial charge in [0.1, 0.15) is 5.69 Å². The SMILES string of the molecule is O=C(Nc1cccnc1)Nc1ccc(C(=O)O)nc1. The van der Waals surface area contributed by atoms with Gasteiger partial charge < -0.3 is 15.7 Å². The number of nitrogens with zero attached hydrogens (tertiary/aromatic N) is 2. The van der Waals surface area contributed by atoms with E-state index in [1.807, 2.05) is 0 Å². The fourth-order valence-corrected chi connectivity index (χ4v) is 1.32. The number of rotatable bonds is 3. The zero-order valence-corrected chi connectivity index (χ0v) is 9.70. The second-order valence-electron chi connectivity index (χ2n) is 3.56. The number of amides is 2. The maximum atomic E-state index is 11.6. The van der Waals surface area contributed by atoms with Crippen LogP contribution in [0, 0.1) is 0 Å². The summed E-state index contributed by atoms with van der Waals surface area (Å²) in [6.07, 6.45) is 4.37. The minimum absolute atomic E-state index is 0.0850. The number of anilines is 2. The van der Waals surface area contributed by atoms with Gasteiger partial charge >= 0.3 is 12.0 Å². The van der Waals surface area contributed by atoms with Crippen LogP contribution in [0.25, 0.3) is 0 Å². The molecule has 0 atom stereocenters.